The van der Waals surface area contributed by atoms with Crippen molar-refractivity contribution in [2.75, 3.05) is 19.6 Å². The smallest absolute Gasteiger partial charge is 0.417 e. The van der Waals surface area contributed by atoms with Crippen LogP contribution in [0.2, 0.25) is 5.15 Å². The van der Waals surface area contributed by atoms with E-state index in [1.165, 1.54) is 0 Å². The fraction of sp³-hybridized carbons (Fsp3) is 0.350. The lowest BCUT2D eigenvalue weighted by molar-refractivity contribution is -0.137. The van der Waals surface area contributed by atoms with Crippen molar-refractivity contribution >= 4 is 23.5 Å². The number of carbonyl (C=O) groups is 2. The van der Waals surface area contributed by atoms with Crippen molar-refractivity contribution in [3.05, 3.63) is 64.4 Å². The number of nitrogens with zero attached hydrogens (tertiary/aromatic N) is 3. The molecule has 0 aliphatic carbocycles. The molecule has 0 radical (unpaired) electrons. The van der Waals surface area contributed by atoms with Gasteiger partial charge in [0.1, 0.15) is 5.15 Å². The van der Waals surface area contributed by atoms with E-state index in [1.807, 2.05) is 35.2 Å². The Hall–Kier alpha value is -2.65. The number of Topliss-reactive ketones (excluding diaryl/α,β-unsaturated/α-hetero) is 1. The minimum atomic E-state index is -4.67. The highest BCUT2D eigenvalue weighted by atomic mass is 35.5. The lowest BCUT2D eigenvalue weighted by atomic mass is 10.0. The molecule has 1 aromatic carbocycles. The van der Waals surface area contributed by atoms with E-state index in [0.29, 0.717) is 25.4 Å². The molecule has 1 fully saturated rings. The van der Waals surface area contributed by atoms with Crippen LogP contribution in [0.4, 0.5) is 18.0 Å². The van der Waals surface area contributed by atoms with E-state index >= 15 is 0 Å². The molecule has 1 amide bonds. The summed E-state index contributed by atoms with van der Waals surface area (Å²) in [6.45, 7) is 1.52. The number of pyridine rings is 1. The van der Waals surface area contributed by atoms with Crippen LogP contribution in [0.3, 0.4) is 0 Å². The summed E-state index contributed by atoms with van der Waals surface area (Å²) in [7, 11) is 0. The van der Waals surface area contributed by atoms with Gasteiger partial charge in [-0.15, -0.1) is 0 Å². The van der Waals surface area contributed by atoms with Crippen LogP contribution in [-0.4, -0.2) is 57.4 Å². The normalized spacial score (nSPS) is 17.7. The lowest BCUT2D eigenvalue weighted by Gasteiger charge is -2.39. The molecular formula is C20H19ClF3N3O3. The van der Waals surface area contributed by atoms with Crippen LogP contribution in [0.15, 0.2) is 42.6 Å². The average molecular weight is 442 g/mol. The molecule has 2 aromatic rings. The summed E-state index contributed by atoms with van der Waals surface area (Å²) in [4.78, 5) is 31.0. The largest absolute Gasteiger partial charge is 0.465 e. The van der Waals surface area contributed by atoms with Gasteiger partial charge in [-0.2, -0.15) is 13.2 Å². The van der Waals surface area contributed by atoms with Gasteiger partial charge in [-0.25, -0.2) is 9.78 Å². The zero-order valence-electron chi connectivity index (χ0n) is 15.8. The molecule has 0 bridgehead atoms. The maximum Gasteiger partial charge on any atom is 0.417 e. The van der Waals surface area contributed by atoms with Crippen LogP contribution >= 0.6 is 11.6 Å². The average Bonchev–Trinajstić information content (AvgIpc) is 2.68. The molecule has 160 valence electrons. The minimum Gasteiger partial charge on any atom is -0.465 e. The summed E-state index contributed by atoms with van der Waals surface area (Å²) in [5, 5.41) is 9.14. The molecule has 30 heavy (non-hydrogen) atoms. The van der Waals surface area contributed by atoms with Crippen LogP contribution in [0.25, 0.3) is 0 Å². The SMILES string of the molecule is O=C(CC1CN(Cc2ccccc2)CCN1C(=O)O)c1cc(C(F)(F)F)cnc1Cl. The highest BCUT2D eigenvalue weighted by molar-refractivity contribution is 6.32. The number of carboxylic acid groups (broad SMARTS) is 1. The molecule has 10 heteroatoms. The van der Waals surface area contributed by atoms with Gasteiger partial charge >= 0.3 is 12.3 Å². The first-order chi connectivity index (χ1) is 14.1. The fourth-order valence-corrected chi connectivity index (χ4v) is 3.66. The van der Waals surface area contributed by atoms with E-state index in [9.17, 15) is 27.9 Å². The minimum absolute atomic E-state index is 0.189. The Morgan fingerprint density at radius 3 is 2.53 bits per heavy atom. The van der Waals surface area contributed by atoms with E-state index < -0.39 is 29.7 Å². The van der Waals surface area contributed by atoms with Crippen LogP contribution < -0.4 is 0 Å². The second-order valence-electron chi connectivity index (χ2n) is 7.04. The number of amides is 1. The second kappa shape index (κ2) is 9.01. The quantitative estimate of drug-likeness (QED) is 0.556. The molecule has 6 nitrogen and oxygen atoms in total. The van der Waals surface area contributed by atoms with E-state index in [0.717, 1.165) is 10.5 Å². The molecule has 1 N–H and O–H groups in total. The fourth-order valence-electron chi connectivity index (χ4n) is 3.45. The summed E-state index contributed by atoms with van der Waals surface area (Å²) in [6.07, 6.45) is -5.58. The zero-order valence-corrected chi connectivity index (χ0v) is 16.5. The maximum atomic E-state index is 13.0. The highest BCUT2D eigenvalue weighted by Crippen LogP contribution is 2.31. The third-order valence-electron chi connectivity index (χ3n) is 4.95. The summed E-state index contributed by atoms with van der Waals surface area (Å²) in [6, 6.07) is 9.51. The Morgan fingerprint density at radius 1 is 1.20 bits per heavy atom. The first kappa shape index (κ1) is 22.0. The molecule has 1 atom stereocenters. The molecule has 0 saturated carbocycles. The van der Waals surface area contributed by atoms with Gasteiger partial charge in [-0.1, -0.05) is 41.9 Å². The number of ketones is 1. The number of benzene rings is 1. The molecule has 3 rings (SSSR count). The summed E-state index contributed by atoms with van der Waals surface area (Å²) < 4.78 is 38.9. The van der Waals surface area contributed by atoms with E-state index in [2.05, 4.69) is 4.98 Å². The van der Waals surface area contributed by atoms with Crippen molar-refractivity contribution in [2.45, 2.75) is 25.2 Å². The topological polar surface area (TPSA) is 73.7 Å². The zero-order chi connectivity index (χ0) is 21.9. The predicted octanol–water partition coefficient (Wildman–Crippen LogP) is 4.19. The Kier molecular flexibility index (Phi) is 6.62. The van der Waals surface area contributed by atoms with Crippen molar-refractivity contribution in [3.8, 4) is 0 Å². The summed E-state index contributed by atoms with van der Waals surface area (Å²) in [5.74, 6) is -0.684. The lowest BCUT2D eigenvalue weighted by Crippen LogP contribution is -2.55. The Morgan fingerprint density at radius 2 is 1.90 bits per heavy atom. The van der Waals surface area contributed by atoms with E-state index in [-0.39, 0.29) is 30.2 Å². The molecule has 1 aromatic heterocycles. The van der Waals surface area contributed by atoms with Crippen LogP contribution in [0, 0.1) is 0 Å². The van der Waals surface area contributed by atoms with Crippen LogP contribution in [0.5, 0.6) is 0 Å². The number of piperazine rings is 1. The second-order valence-corrected chi connectivity index (χ2v) is 7.40. The number of alkyl halides is 3. The van der Waals surface area contributed by atoms with Gasteiger partial charge < -0.3 is 10.0 Å². The molecule has 1 unspecified atom stereocenters. The number of halogens is 4. The summed E-state index contributed by atoms with van der Waals surface area (Å²) in [5.41, 5.74) is -0.409. The number of hydrogen-bond acceptors (Lipinski definition) is 4. The Balaban J connectivity index is 1.77. The third kappa shape index (κ3) is 5.28. The first-order valence-electron chi connectivity index (χ1n) is 9.17. The monoisotopic (exact) mass is 441 g/mol. The number of rotatable bonds is 5. The molecule has 1 saturated heterocycles. The van der Waals surface area contributed by atoms with Crippen molar-refractivity contribution < 1.29 is 27.9 Å². The number of aromatic nitrogens is 1. The van der Waals surface area contributed by atoms with Gasteiger partial charge in [-0.05, 0) is 11.6 Å². The van der Waals surface area contributed by atoms with Gasteiger partial charge in [-0.3, -0.25) is 9.69 Å². The van der Waals surface area contributed by atoms with Gasteiger partial charge in [0, 0.05) is 38.8 Å². The van der Waals surface area contributed by atoms with E-state index in [1.54, 1.807) is 0 Å². The molecule has 0 spiro atoms. The van der Waals surface area contributed by atoms with Crippen molar-refractivity contribution in [1.82, 2.24) is 14.8 Å². The molecule has 2 heterocycles. The van der Waals surface area contributed by atoms with Crippen molar-refractivity contribution in [1.29, 1.82) is 0 Å². The first-order valence-corrected chi connectivity index (χ1v) is 9.54. The highest BCUT2D eigenvalue weighted by Gasteiger charge is 2.35. The van der Waals surface area contributed by atoms with E-state index in [4.69, 9.17) is 11.6 Å². The summed E-state index contributed by atoms with van der Waals surface area (Å²) >= 11 is 5.85. The molecular weight excluding hydrogens is 423 g/mol. The molecule has 1 aliphatic heterocycles. The Labute approximate surface area is 175 Å². The number of carbonyl (C=O) groups excluding carboxylic acids is 1. The van der Waals surface area contributed by atoms with Gasteiger partial charge in [0.05, 0.1) is 17.2 Å². The molecule has 1 aliphatic rings. The van der Waals surface area contributed by atoms with Gasteiger partial charge in [0.15, 0.2) is 5.78 Å². The van der Waals surface area contributed by atoms with Crippen LogP contribution in [0.1, 0.15) is 27.9 Å². The third-order valence-corrected chi connectivity index (χ3v) is 5.25. The standard InChI is InChI=1S/C20H19ClF3N3O3/c21-18-16(8-14(10-25-18)20(22,23)24)17(28)9-15-12-26(6-7-27(15)19(29)30)11-13-4-2-1-3-5-13/h1-5,8,10,15H,6-7,9,11-12H2,(H,29,30). The van der Waals surface area contributed by atoms with Crippen molar-refractivity contribution in [2.24, 2.45) is 0 Å². The predicted molar refractivity (Wildman–Crippen MR) is 103 cm³/mol. The maximum absolute atomic E-state index is 13.0. The van der Waals surface area contributed by atoms with Crippen LogP contribution in [-0.2, 0) is 12.7 Å². The number of hydrogen-bond donors (Lipinski definition) is 1. The Bertz CT molecular complexity index is 925. The van der Waals surface area contributed by atoms with Gasteiger partial charge in [0.25, 0.3) is 0 Å². The van der Waals surface area contributed by atoms with Gasteiger partial charge in [0.2, 0.25) is 0 Å². The van der Waals surface area contributed by atoms with Crippen molar-refractivity contribution in [3.63, 3.8) is 0 Å².